The number of methoxy groups -OCH3 is 1. The molecule has 1 aromatic heterocycles. The summed E-state index contributed by atoms with van der Waals surface area (Å²) in [6.07, 6.45) is 0. The van der Waals surface area contributed by atoms with Crippen LogP contribution in [0.3, 0.4) is 0 Å². The average molecular weight is 410 g/mol. The maximum Gasteiger partial charge on any atom is 0.337 e. The molecule has 2 rings (SSSR count). The van der Waals surface area contributed by atoms with Gasteiger partial charge in [-0.25, -0.2) is 4.79 Å². The van der Waals surface area contributed by atoms with Gasteiger partial charge in [0, 0.05) is 11.4 Å². The highest BCUT2D eigenvalue weighted by Gasteiger charge is 2.12. The number of nitrogens with zero attached hydrogens (tertiary/aromatic N) is 2. The molecule has 0 radical (unpaired) electrons. The summed E-state index contributed by atoms with van der Waals surface area (Å²) < 4.78 is 6.30. The van der Waals surface area contributed by atoms with Gasteiger partial charge in [-0.05, 0) is 31.5 Å². The molecule has 0 spiro atoms. The molecule has 0 unspecified atom stereocenters. The number of amides is 1. The van der Waals surface area contributed by atoms with Gasteiger partial charge in [-0.2, -0.15) is 0 Å². The number of aromatic nitrogens is 2. The predicted octanol–water partition coefficient (Wildman–Crippen LogP) is 4.03. The molecule has 1 heterocycles. The van der Waals surface area contributed by atoms with Crippen LogP contribution < -0.4 is 5.32 Å². The fourth-order valence-corrected chi connectivity index (χ4v) is 4.48. The van der Waals surface area contributed by atoms with Crippen LogP contribution in [0.15, 0.2) is 39.0 Å². The molecular weight excluding hydrogens is 390 g/mol. The normalized spacial score (nSPS) is 10.4. The van der Waals surface area contributed by atoms with Crippen molar-refractivity contribution in [1.29, 1.82) is 0 Å². The third-order valence-electron chi connectivity index (χ3n) is 3.09. The Morgan fingerprint density at radius 3 is 2.50 bits per heavy atom. The van der Waals surface area contributed by atoms with Gasteiger partial charge in [0.2, 0.25) is 5.91 Å². The number of ether oxygens (including phenoxy) is 1. The van der Waals surface area contributed by atoms with Crippen LogP contribution in [0, 0.1) is 6.92 Å². The zero-order valence-corrected chi connectivity index (χ0v) is 17.1. The van der Waals surface area contributed by atoms with E-state index in [1.54, 1.807) is 30.0 Å². The average Bonchev–Trinajstić information content (AvgIpc) is 3.07. The van der Waals surface area contributed by atoms with E-state index in [0.717, 1.165) is 25.6 Å². The number of thioether (sulfide) groups is 2. The number of hydrogen-bond acceptors (Lipinski definition) is 8. The van der Waals surface area contributed by atoms with Gasteiger partial charge in [0.1, 0.15) is 0 Å². The highest BCUT2D eigenvalue weighted by molar-refractivity contribution is 8.03. The van der Waals surface area contributed by atoms with Crippen molar-refractivity contribution in [1.82, 2.24) is 10.2 Å². The van der Waals surface area contributed by atoms with Crippen molar-refractivity contribution in [2.45, 2.75) is 22.5 Å². The van der Waals surface area contributed by atoms with E-state index < -0.39 is 5.97 Å². The minimum atomic E-state index is -0.441. The lowest BCUT2D eigenvalue weighted by Gasteiger charge is -2.09. The van der Waals surface area contributed by atoms with E-state index in [2.05, 4.69) is 22.1 Å². The number of aryl methyl sites for hydroxylation is 1. The van der Waals surface area contributed by atoms with E-state index in [1.807, 2.05) is 13.8 Å². The molecule has 0 aliphatic carbocycles. The van der Waals surface area contributed by atoms with Crippen LogP contribution >= 0.6 is 34.9 Å². The summed E-state index contributed by atoms with van der Waals surface area (Å²) in [6.45, 7) is 7.68. The van der Waals surface area contributed by atoms with Crippen molar-refractivity contribution in [2.75, 3.05) is 23.9 Å². The lowest BCUT2D eigenvalue weighted by Crippen LogP contribution is -2.15. The molecule has 9 heteroatoms. The molecule has 0 saturated carbocycles. The Morgan fingerprint density at radius 2 is 1.88 bits per heavy atom. The summed E-state index contributed by atoms with van der Waals surface area (Å²) in [7, 11) is 1.32. The van der Waals surface area contributed by atoms with Gasteiger partial charge in [-0.3, -0.25) is 4.79 Å². The molecule has 1 aromatic carbocycles. The smallest absolute Gasteiger partial charge is 0.337 e. The highest BCUT2D eigenvalue weighted by Crippen LogP contribution is 2.29. The van der Waals surface area contributed by atoms with Crippen molar-refractivity contribution < 1.29 is 14.3 Å². The summed E-state index contributed by atoms with van der Waals surface area (Å²) in [5.41, 5.74) is 2.92. The van der Waals surface area contributed by atoms with E-state index in [-0.39, 0.29) is 11.7 Å². The van der Waals surface area contributed by atoms with Gasteiger partial charge in [0.25, 0.3) is 0 Å². The topological polar surface area (TPSA) is 81.2 Å². The molecule has 0 fully saturated rings. The molecule has 26 heavy (non-hydrogen) atoms. The molecule has 2 aromatic rings. The molecular formula is C17H19N3O3S3. The van der Waals surface area contributed by atoms with Crippen molar-refractivity contribution in [3.8, 4) is 0 Å². The Bertz CT molecular complexity index is 821. The summed E-state index contributed by atoms with van der Waals surface area (Å²) >= 11 is 4.37. The van der Waals surface area contributed by atoms with Crippen molar-refractivity contribution in [2.24, 2.45) is 0 Å². The third kappa shape index (κ3) is 6.15. The van der Waals surface area contributed by atoms with E-state index in [0.29, 0.717) is 11.3 Å². The molecule has 6 nitrogen and oxygen atoms in total. The molecule has 0 aliphatic rings. The zero-order valence-electron chi connectivity index (χ0n) is 14.7. The number of hydrogen-bond donors (Lipinski definition) is 1. The van der Waals surface area contributed by atoms with Crippen molar-refractivity contribution in [3.05, 3.63) is 41.5 Å². The zero-order chi connectivity index (χ0) is 19.1. The number of nitrogens with one attached hydrogen (secondary N) is 1. The lowest BCUT2D eigenvalue weighted by atomic mass is 10.1. The first kappa shape index (κ1) is 20.5. The third-order valence-corrected chi connectivity index (χ3v) is 6.51. The van der Waals surface area contributed by atoms with Crippen molar-refractivity contribution >= 4 is 52.4 Å². The number of carbonyl (C=O) groups is 2. The van der Waals surface area contributed by atoms with Crippen LogP contribution in [0.5, 0.6) is 0 Å². The van der Waals surface area contributed by atoms with Gasteiger partial charge >= 0.3 is 5.97 Å². The molecule has 138 valence electrons. The van der Waals surface area contributed by atoms with Crippen LogP contribution in [0.25, 0.3) is 0 Å². The molecule has 1 amide bonds. The maximum absolute atomic E-state index is 12.2. The molecule has 1 N–H and O–H groups in total. The summed E-state index contributed by atoms with van der Waals surface area (Å²) in [5.74, 6) is 0.395. The summed E-state index contributed by atoms with van der Waals surface area (Å²) in [5, 5.41) is 11.0. The standard InChI is InChI=1S/C17H19N3O3S3/c1-10(2)8-24-16-19-20-17(26-16)25-9-14(21)18-13-7-12(15(22)23-4)6-5-11(13)3/h5-7H,1,8-9H2,2-4H3,(H,18,21). The first-order chi connectivity index (χ1) is 12.4. The number of esters is 1. The Morgan fingerprint density at radius 1 is 1.23 bits per heavy atom. The SMILES string of the molecule is C=C(C)CSc1nnc(SCC(=O)Nc2cc(C(=O)OC)ccc2C)s1. The number of carbonyl (C=O) groups excluding carboxylic acids is 2. The van der Waals surface area contributed by atoms with Crippen LogP contribution in [-0.4, -0.2) is 40.7 Å². The van der Waals surface area contributed by atoms with E-state index >= 15 is 0 Å². The Balaban J connectivity index is 1.91. The second-order valence-corrected chi connectivity index (χ2v) is 8.86. The monoisotopic (exact) mass is 409 g/mol. The quantitative estimate of drug-likeness (QED) is 0.400. The van der Waals surface area contributed by atoms with E-state index in [9.17, 15) is 9.59 Å². The van der Waals surface area contributed by atoms with Gasteiger partial charge in [-0.1, -0.05) is 53.1 Å². The number of benzene rings is 1. The predicted molar refractivity (Wildman–Crippen MR) is 107 cm³/mol. The first-order valence-corrected chi connectivity index (χ1v) is 10.4. The van der Waals surface area contributed by atoms with Gasteiger partial charge in [0.05, 0.1) is 18.4 Å². The van der Waals surface area contributed by atoms with Crippen LogP contribution in [-0.2, 0) is 9.53 Å². The lowest BCUT2D eigenvalue weighted by molar-refractivity contribution is -0.113. The van der Waals surface area contributed by atoms with Crippen LogP contribution in [0.2, 0.25) is 0 Å². The van der Waals surface area contributed by atoms with Gasteiger partial charge in [0.15, 0.2) is 8.68 Å². The molecule has 0 aliphatic heterocycles. The minimum Gasteiger partial charge on any atom is -0.465 e. The fourth-order valence-electron chi connectivity index (χ4n) is 1.81. The van der Waals surface area contributed by atoms with Crippen LogP contribution in [0.1, 0.15) is 22.8 Å². The Labute approximate surface area is 164 Å². The number of anilines is 1. The Kier molecular flexibility index (Phi) is 7.67. The molecule has 0 atom stereocenters. The van der Waals surface area contributed by atoms with Gasteiger partial charge in [-0.15, -0.1) is 10.2 Å². The molecule has 0 saturated heterocycles. The fraction of sp³-hybridized carbons (Fsp3) is 0.294. The van der Waals surface area contributed by atoms with Crippen molar-refractivity contribution in [3.63, 3.8) is 0 Å². The Hall–Kier alpha value is -1.84. The summed E-state index contributed by atoms with van der Waals surface area (Å²) in [4.78, 5) is 23.8. The second kappa shape index (κ2) is 9.75. The maximum atomic E-state index is 12.2. The van der Waals surface area contributed by atoms with E-state index in [4.69, 9.17) is 4.74 Å². The highest BCUT2D eigenvalue weighted by atomic mass is 32.2. The molecule has 0 bridgehead atoms. The number of rotatable bonds is 8. The van der Waals surface area contributed by atoms with Gasteiger partial charge < -0.3 is 10.1 Å². The second-order valence-electron chi connectivity index (χ2n) is 5.44. The van der Waals surface area contributed by atoms with Crippen LogP contribution in [0.4, 0.5) is 5.69 Å². The summed E-state index contributed by atoms with van der Waals surface area (Å²) in [6, 6.07) is 5.04. The largest absolute Gasteiger partial charge is 0.465 e. The van der Waals surface area contributed by atoms with E-state index in [1.165, 1.54) is 30.2 Å². The first-order valence-electron chi connectivity index (χ1n) is 7.61. The minimum absolute atomic E-state index is 0.175.